The van der Waals surface area contributed by atoms with E-state index in [1.165, 1.54) is 0 Å². The van der Waals surface area contributed by atoms with Crippen LogP contribution in [0, 0.1) is 10.8 Å². The summed E-state index contributed by atoms with van der Waals surface area (Å²) in [5.74, 6) is 2.01. The zero-order chi connectivity index (χ0) is 10.8. The van der Waals surface area contributed by atoms with Gasteiger partial charge >= 0.3 is 0 Å². The van der Waals surface area contributed by atoms with Crippen LogP contribution < -0.4 is 0 Å². The Balaban J connectivity index is 2.18. The van der Waals surface area contributed by atoms with Gasteiger partial charge in [0.1, 0.15) is 5.78 Å². The van der Waals surface area contributed by atoms with E-state index in [0.717, 1.165) is 19.0 Å². The van der Waals surface area contributed by atoms with Gasteiger partial charge in [-0.2, -0.15) is 11.8 Å². The van der Waals surface area contributed by atoms with Gasteiger partial charge in [0, 0.05) is 16.6 Å². The predicted octanol–water partition coefficient (Wildman–Crippen LogP) is 2.37. The molecule has 0 saturated carbocycles. The molecule has 1 aliphatic heterocycles. The van der Waals surface area contributed by atoms with Crippen LogP contribution in [0.5, 0.6) is 0 Å². The first-order chi connectivity index (χ1) is 6.33. The lowest BCUT2D eigenvalue weighted by Crippen LogP contribution is -2.42. The maximum Gasteiger partial charge on any atom is 0.148 e. The first kappa shape index (κ1) is 12.1. The molecule has 1 rings (SSSR count). The second kappa shape index (κ2) is 4.23. The van der Waals surface area contributed by atoms with Gasteiger partial charge in [-0.15, -0.1) is 0 Å². The molecule has 0 aromatic heterocycles. The van der Waals surface area contributed by atoms with Gasteiger partial charge in [0.05, 0.1) is 19.0 Å². The number of ether oxygens (including phenoxy) is 1. The van der Waals surface area contributed by atoms with Crippen molar-refractivity contribution >= 4 is 17.5 Å². The lowest BCUT2D eigenvalue weighted by atomic mass is 9.91. The zero-order valence-electron chi connectivity index (χ0n) is 9.55. The molecule has 1 fully saturated rings. The normalized spacial score (nSPS) is 20.3. The Kier molecular flexibility index (Phi) is 3.64. The van der Waals surface area contributed by atoms with Crippen LogP contribution in [0.3, 0.4) is 0 Å². The van der Waals surface area contributed by atoms with Gasteiger partial charge in [-0.05, 0) is 0 Å². The molecule has 0 unspecified atom stereocenters. The lowest BCUT2D eigenvalue weighted by Gasteiger charge is -2.37. The fourth-order valence-corrected chi connectivity index (χ4v) is 2.52. The highest BCUT2D eigenvalue weighted by atomic mass is 32.2. The molecule has 14 heavy (non-hydrogen) atoms. The van der Waals surface area contributed by atoms with E-state index in [2.05, 4.69) is 6.92 Å². The summed E-state index contributed by atoms with van der Waals surface area (Å²) in [4.78, 5) is 11.6. The second-order valence-electron chi connectivity index (χ2n) is 5.47. The van der Waals surface area contributed by atoms with Gasteiger partial charge in [0.2, 0.25) is 0 Å². The number of Topliss-reactive ketones (excluding diaryl/α,β-unsaturated/α-hetero) is 1. The maximum atomic E-state index is 11.6. The molecular formula is C11H20O2S. The number of thioether (sulfide) groups is 1. The summed E-state index contributed by atoms with van der Waals surface area (Å²) in [7, 11) is 0. The summed E-state index contributed by atoms with van der Waals surface area (Å²) in [5, 5.41) is 0. The van der Waals surface area contributed by atoms with Crippen LogP contribution in [-0.2, 0) is 9.53 Å². The van der Waals surface area contributed by atoms with Crippen LogP contribution in [0.15, 0.2) is 0 Å². The molecule has 1 heterocycles. The molecular weight excluding hydrogens is 196 g/mol. The van der Waals surface area contributed by atoms with Crippen molar-refractivity contribution in [2.75, 3.05) is 24.7 Å². The largest absolute Gasteiger partial charge is 0.380 e. The second-order valence-corrected chi connectivity index (χ2v) is 6.46. The molecule has 0 aliphatic carbocycles. The lowest BCUT2D eigenvalue weighted by molar-refractivity contribution is -0.123. The van der Waals surface area contributed by atoms with Gasteiger partial charge in [-0.25, -0.2) is 0 Å². The quantitative estimate of drug-likeness (QED) is 0.721. The van der Waals surface area contributed by atoms with Crippen LogP contribution in [0.25, 0.3) is 0 Å². The number of hydrogen-bond acceptors (Lipinski definition) is 3. The molecule has 0 aromatic rings. The van der Waals surface area contributed by atoms with Gasteiger partial charge in [0.25, 0.3) is 0 Å². The highest BCUT2D eigenvalue weighted by Crippen LogP contribution is 2.31. The van der Waals surface area contributed by atoms with Crippen molar-refractivity contribution in [3.05, 3.63) is 0 Å². The Labute approximate surface area is 90.8 Å². The molecule has 1 aliphatic rings. The first-order valence-corrected chi connectivity index (χ1v) is 6.18. The molecule has 0 N–H and O–H groups in total. The van der Waals surface area contributed by atoms with Crippen LogP contribution >= 0.6 is 11.8 Å². The standard InChI is InChI=1S/C11H20O2S/c1-10(2,3)9(12)5-14-8-11(4)6-13-7-11/h5-8H2,1-4H3. The average molecular weight is 216 g/mol. The van der Waals surface area contributed by atoms with E-state index in [4.69, 9.17) is 4.74 Å². The monoisotopic (exact) mass is 216 g/mol. The molecule has 2 nitrogen and oxygen atoms in total. The van der Waals surface area contributed by atoms with Crippen LogP contribution in [0.4, 0.5) is 0 Å². The number of rotatable bonds is 4. The molecule has 82 valence electrons. The summed E-state index contributed by atoms with van der Waals surface area (Å²) in [6.45, 7) is 9.84. The van der Waals surface area contributed by atoms with Crippen molar-refractivity contribution in [3.8, 4) is 0 Å². The summed E-state index contributed by atoms with van der Waals surface area (Å²) in [6, 6.07) is 0. The Bertz CT molecular complexity index is 214. The van der Waals surface area contributed by atoms with E-state index in [9.17, 15) is 4.79 Å². The van der Waals surface area contributed by atoms with Gasteiger partial charge in [-0.3, -0.25) is 4.79 Å². The Morgan fingerprint density at radius 1 is 1.43 bits per heavy atom. The van der Waals surface area contributed by atoms with E-state index >= 15 is 0 Å². The molecule has 1 saturated heterocycles. The molecule has 0 radical (unpaired) electrons. The van der Waals surface area contributed by atoms with Crippen molar-refractivity contribution in [2.45, 2.75) is 27.7 Å². The Morgan fingerprint density at radius 3 is 2.36 bits per heavy atom. The van der Waals surface area contributed by atoms with Crippen molar-refractivity contribution in [1.82, 2.24) is 0 Å². The average Bonchev–Trinajstić information content (AvgIpc) is 1.99. The third-order valence-electron chi connectivity index (χ3n) is 2.42. The fourth-order valence-electron chi connectivity index (χ4n) is 1.14. The number of ketones is 1. The Hall–Kier alpha value is -0.0200. The maximum absolute atomic E-state index is 11.6. The fraction of sp³-hybridized carbons (Fsp3) is 0.909. The number of hydrogen-bond donors (Lipinski definition) is 0. The summed E-state index contributed by atoms with van der Waals surface area (Å²) < 4.78 is 5.16. The van der Waals surface area contributed by atoms with Gasteiger partial charge in [0.15, 0.2) is 0 Å². The third-order valence-corrected chi connectivity index (χ3v) is 3.79. The molecule has 0 spiro atoms. The molecule has 0 aromatic carbocycles. The van der Waals surface area contributed by atoms with Crippen LogP contribution in [0.1, 0.15) is 27.7 Å². The highest BCUT2D eigenvalue weighted by Gasteiger charge is 2.33. The number of carbonyl (C=O) groups excluding carboxylic acids is 1. The van der Waals surface area contributed by atoms with Gasteiger partial charge < -0.3 is 4.74 Å². The SMILES string of the molecule is CC1(CSCC(=O)C(C)(C)C)COC1. The van der Waals surface area contributed by atoms with E-state index in [0.29, 0.717) is 17.0 Å². The van der Waals surface area contributed by atoms with Gasteiger partial charge in [-0.1, -0.05) is 27.7 Å². The van der Waals surface area contributed by atoms with Crippen molar-refractivity contribution in [2.24, 2.45) is 10.8 Å². The van der Waals surface area contributed by atoms with E-state index in [1.807, 2.05) is 20.8 Å². The molecule has 3 heteroatoms. The predicted molar refractivity (Wildman–Crippen MR) is 60.7 cm³/mol. The smallest absolute Gasteiger partial charge is 0.148 e. The highest BCUT2D eigenvalue weighted by molar-refractivity contribution is 8.00. The summed E-state index contributed by atoms with van der Waals surface area (Å²) in [5.41, 5.74) is 0.132. The zero-order valence-corrected chi connectivity index (χ0v) is 10.4. The molecule has 0 bridgehead atoms. The summed E-state index contributed by atoms with van der Waals surface area (Å²) in [6.07, 6.45) is 0. The van der Waals surface area contributed by atoms with E-state index in [1.54, 1.807) is 11.8 Å². The van der Waals surface area contributed by atoms with Crippen LogP contribution in [0.2, 0.25) is 0 Å². The van der Waals surface area contributed by atoms with Crippen LogP contribution in [-0.4, -0.2) is 30.5 Å². The van der Waals surface area contributed by atoms with Crippen molar-refractivity contribution in [3.63, 3.8) is 0 Å². The Morgan fingerprint density at radius 2 is 2.00 bits per heavy atom. The van der Waals surface area contributed by atoms with Crippen molar-refractivity contribution in [1.29, 1.82) is 0 Å². The summed E-state index contributed by atoms with van der Waals surface area (Å²) >= 11 is 1.74. The minimum Gasteiger partial charge on any atom is -0.380 e. The van der Waals surface area contributed by atoms with Crippen molar-refractivity contribution < 1.29 is 9.53 Å². The third kappa shape index (κ3) is 3.28. The minimum absolute atomic E-state index is 0.190. The van der Waals surface area contributed by atoms with E-state index in [-0.39, 0.29) is 5.41 Å². The molecule has 0 amide bonds. The topological polar surface area (TPSA) is 26.3 Å². The van der Waals surface area contributed by atoms with E-state index < -0.39 is 0 Å². The number of carbonyl (C=O) groups is 1. The first-order valence-electron chi connectivity index (χ1n) is 5.02. The molecule has 0 atom stereocenters. The minimum atomic E-state index is -0.190.